The first-order valence-electron chi connectivity index (χ1n) is 5.77. The van der Waals surface area contributed by atoms with E-state index in [-0.39, 0.29) is 12.1 Å². The number of nitrogens with one attached hydrogen (secondary N) is 1. The second-order valence-electron chi connectivity index (χ2n) is 4.11. The van der Waals surface area contributed by atoms with E-state index < -0.39 is 0 Å². The lowest BCUT2D eigenvalue weighted by molar-refractivity contribution is 0.0597. The largest absolute Gasteiger partial charge is 0.377 e. The highest BCUT2D eigenvalue weighted by Crippen LogP contribution is 2.09. The van der Waals surface area contributed by atoms with Gasteiger partial charge >= 0.3 is 0 Å². The van der Waals surface area contributed by atoms with Crippen molar-refractivity contribution in [2.75, 3.05) is 13.2 Å². The van der Waals surface area contributed by atoms with E-state index in [4.69, 9.17) is 4.74 Å². The van der Waals surface area contributed by atoms with Crippen molar-refractivity contribution >= 4 is 0 Å². The Hall–Kier alpha value is -1.00. The molecule has 1 unspecified atom stereocenters. The Labute approximate surface area is 97.5 Å². The van der Waals surface area contributed by atoms with Crippen LogP contribution in [-0.4, -0.2) is 29.2 Å². The maximum absolute atomic E-state index is 5.60. The average molecular weight is 223 g/mol. The van der Waals surface area contributed by atoms with Crippen LogP contribution in [0, 0.1) is 6.92 Å². The molecule has 1 atom stereocenters. The highest BCUT2D eigenvalue weighted by Gasteiger charge is 2.13. The first-order chi connectivity index (χ1) is 7.63. The van der Waals surface area contributed by atoms with Gasteiger partial charge in [0.15, 0.2) is 0 Å². The lowest BCUT2D eigenvalue weighted by atomic mass is 10.2. The molecule has 0 spiro atoms. The van der Waals surface area contributed by atoms with Crippen molar-refractivity contribution in [3.63, 3.8) is 0 Å². The number of aryl methyl sites for hydroxylation is 1. The minimum atomic E-state index is 0.0769. The van der Waals surface area contributed by atoms with Crippen molar-refractivity contribution in [2.45, 2.75) is 39.8 Å². The summed E-state index contributed by atoms with van der Waals surface area (Å²) in [5.74, 6) is 0.799. The molecule has 0 aliphatic rings. The minimum Gasteiger partial charge on any atom is -0.377 e. The van der Waals surface area contributed by atoms with Crippen LogP contribution in [0.15, 0.2) is 12.4 Å². The molecule has 0 saturated carbocycles. The van der Waals surface area contributed by atoms with Crippen molar-refractivity contribution < 1.29 is 4.74 Å². The first kappa shape index (κ1) is 13.1. The van der Waals surface area contributed by atoms with E-state index in [2.05, 4.69) is 22.2 Å². The predicted molar refractivity (Wildman–Crippen MR) is 64.3 cm³/mol. The molecule has 16 heavy (non-hydrogen) atoms. The molecule has 0 saturated heterocycles. The van der Waals surface area contributed by atoms with E-state index in [1.54, 1.807) is 0 Å². The van der Waals surface area contributed by atoms with Gasteiger partial charge in [0.1, 0.15) is 5.82 Å². The van der Waals surface area contributed by atoms with Gasteiger partial charge in [0, 0.05) is 12.4 Å². The average Bonchev–Trinajstić information content (AvgIpc) is 2.25. The molecule has 4 heteroatoms. The Balaban J connectivity index is 2.64. The molecule has 0 fully saturated rings. The summed E-state index contributed by atoms with van der Waals surface area (Å²) in [6.45, 7) is 9.59. The SMILES string of the molecule is CCNC(COC(C)C)c1ncc(C)cn1. The van der Waals surface area contributed by atoms with Crippen molar-refractivity contribution in [1.29, 1.82) is 0 Å². The van der Waals surface area contributed by atoms with E-state index in [1.165, 1.54) is 0 Å². The topological polar surface area (TPSA) is 47.0 Å². The minimum absolute atomic E-state index is 0.0769. The second-order valence-corrected chi connectivity index (χ2v) is 4.11. The van der Waals surface area contributed by atoms with Crippen LogP contribution in [0.5, 0.6) is 0 Å². The summed E-state index contributed by atoms with van der Waals surface area (Å²) in [6.07, 6.45) is 3.90. The number of ether oxygens (including phenoxy) is 1. The predicted octanol–water partition coefficient (Wildman–Crippen LogP) is 1.86. The van der Waals surface area contributed by atoms with Crippen LogP contribution in [0.1, 0.15) is 38.2 Å². The van der Waals surface area contributed by atoms with Gasteiger partial charge in [-0.3, -0.25) is 0 Å². The standard InChI is InChI=1S/C12H21N3O/c1-5-13-11(8-16-9(2)3)12-14-6-10(4)7-15-12/h6-7,9,11,13H,5,8H2,1-4H3. The van der Waals surface area contributed by atoms with Gasteiger partial charge < -0.3 is 10.1 Å². The summed E-state index contributed by atoms with van der Waals surface area (Å²) in [7, 11) is 0. The highest BCUT2D eigenvalue weighted by molar-refractivity contribution is 5.04. The Kier molecular flexibility index (Phi) is 5.35. The molecule has 0 aliphatic carbocycles. The fraction of sp³-hybridized carbons (Fsp3) is 0.667. The van der Waals surface area contributed by atoms with E-state index >= 15 is 0 Å². The van der Waals surface area contributed by atoms with E-state index in [1.807, 2.05) is 33.2 Å². The van der Waals surface area contributed by atoms with Gasteiger partial charge in [-0.05, 0) is 32.9 Å². The van der Waals surface area contributed by atoms with Gasteiger partial charge in [0.25, 0.3) is 0 Å². The van der Waals surface area contributed by atoms with Gasteiger partial charge in [-0.25, -0.2) is 9.97 Å². The fourth-order valence-electron chi connectivity index (χ4n) is 1.34. The number of nitrogens with zero attached hydrogens (tertiary/aromatic N) is 2. The molecule has 0 radical (unpaired) electrons. The molecule has 1 heterocycles. The van der Waals surface area contributed by atoms with Crippen LogP contribution < -0.4 is 5.32 Å². The zero-order valence-electron chi connectivity index (χ0n) is 10.5. The third-order valence-corrected chi connectivity index (χ3v) is 2.16. The molecule has 4 nitrogen and oxygen atoms in total. The maximum Gasteiger partial charge on any atom is 0.147 e. The van der Waals surface area contributed by atoms with Crippen molar-refractivity contribution in [2.24, 2.45) is 0 Å². The van der Waals surface area contributed by atoms with Gasteiger partial charge in [-0.2, -0.15) is 0 Å². The van der Waals surface area contributed by atoms with Crippen molar-refractivity contribution in [1.82, 2.24) is 15.3 Å². The lowest BCUT2D eigenvalue weighted by Gasteiger charge is -2.18. The normalized spacial score (nSPS) is 13.1. The van der Waals surface area contributed by atoms with E-state index in [9.17, 15) is 0 Å². The Morgan fingerprint density at radius 1 is 1.31 bits per heavy atom. The summed E-state index contributed by atoms with van der Waals surface area (Å²) < 4.78 is 5.60. The van der Waals surface area contributed by atoms with Gasteiger partial charge in [0.2, 0.25) is 0 Å². The second kappa shape index (κ2) is 6.55. The molecule has 1 aromatic heterocycles. The van der Waals surface area contributed by atoms with Crippen molar-refractivity contribution in [3.8, 4) is 0 Å². The van der Waals surface area contributed by atoms with Gasteiger partial charge in [0.05, 0.1) is 18.8 Å². The molecular formula is C12H21N3O. The zero-order valence-corrected chi connectivity index (χ0v) is 10.5. The summed E-state index contributed by atoms with van der Waals surface area (Å²) in [5.41, 5.74) is 1.07. The summed E-state index contributed by atoms with van der Waals surface area (Å²) in [4.78, 5) is 8.64. The summed E-state index contributed by atoms with van der Waals surface area (Å²) in [5, 5.41) is 3.32. The maximum atomic E-state index is 5.60. The third kappa shape index (κ3) is 4.24. The summed E-state index contributed by atoms with van der Waals surface area (Å²) >= 11 is 0. The van der Waals surface area contributed by atoms with E-state index in [0.29, 0.717) is 6.61 Å². The molecule has 1 rings (SSSR count). The molecule has 0 bridgehead atoms. The highest BCUT2D eigenvalue weighted by atomic mass is 16.5. The molecule has 0 aliphatic heterocycles. The number of likely N-dealkylation sites (N-methyl/N-ethyl adjacent to an activating group) is 1. The van der Waals surface area contributed by atoms with Crippen LogP contribution in [0.2, 0.25) is 0 Å². The molecule has 1 N–H and O–H groups in total. The van der Waals surface area contributed by atoms with Crippen LogP contribution in [0.4, 0.5) is 0 Å². The number of aromatic nitrogens is 2. The zero-order chi connectivity index (χ0) is 12.0. The quantitative estimate of drug-likeness (QED) is 0.799. The van der Waals surface area contributed by atoms with Crippen LogP contribution in [-0.2, 0) is 4.74 Å². The van der Waals surface area contributed by atoms with Crippen LogP contribution in [0.25, 0.3) is 0 Å². The van der Waals surface area contributed by atoms with Gasteiger partial charge in [-0.15, -0.1) is 0 Å². The Morgan fingerprint density at radius 2 is 1.94 bits per heavy atom. The molecular weight excluding hydrogens is 202 g/mol. The monoisotopic (exact) mass is 223 g/mol. The smallest absolute Gasteiger partial charge is 0.147 e. The van der Waals surface area contributed by atoms with Crippen LogP contribution >= 0.6 is 0 Å². The first-order valence-corrected chi connectivity index (χ1v) is 5.77. The number of hydrogen-bond donors (Lipinski definition) is 1. The Morgan fingerprint density at radius 3 is 2.44 bits per heavy atom. The summed E-state index contributed by atoms with van der Waals surface area (Å²) in [6, 6.07) is 0.0769. The van der Waals surface area contributed by atoms with Gasteiger partial charge in [-0.1, -0.05) is 6.92 Å². The third-order valence-electron chi connectivity index (χ3n) is 2.16. The molecule has 0 aromatic carbocycles. The molecule has 1 aromatic rings. The Bertz CT molecular complexity index is 298. The molecule has 0 amide bonds. The van der Waals surface area contributed by atoms with E-state index in [0.717, 1.165) is 17.9 Å². The number of hydrogen-bond acceptors (Lipinski definition) is 4. The number of rotatable bonds is 6. The van der Waals surface area contributed by atoms with Crippen LogP contribution in [0.3, 0.4) is 0 Å². The molecule has 90 valence electrons. The van der Waals surface area contributed by atoms with Crippen molar-refractivity contribution in [3.05, 3.63) is 23.8 Å². The lowest BCUT2D eigenvalue weighted by Crippen LogP contribution is -2.28. The fourth-order valence-corrected chi connectivity index (χ4v) is 1.34.